The van der Waals surface area contributed by atoms with Gasteiger partial charge in [0.25, 0.3) is 0 Å². The number of halogens is 2. The normalized spacial score (nSPS) is 12.8. The molecule has 4 nitrogen and oxygen atoms in total. The number of carbonyl (C=O) groups excluding carboxylic acids is 1. The summed E-state index contributed by atoms with van der Waals surface area (Å²) in [6.45, 7) is 6.89. The molecule has 0 aliphatic carbocycles. The minimum absolute atomic E-state index is 0.151. The van der Waals surface area contributed by atoms with Gasteiger partial charge in [0.2, 0.25) is 5.91 Å². The summed E-state index contributed by atoms with van der Waals surface area (Å²) in [5.74, 6) is 0.334. The smallest absolute Gasteiger partial charge is 0.241 e. The number of anilines is 2. The Morgan fingerprint density at radius 3 is 2.25 bits per heavy atom. The second-order valence-corrected chi connectivity index (χ2v) is 6.17. The Bertz CT molecular complexity index is 468. The van der Waals surface area contributed by atoms with E-state index in [0.717, 1.165) is 6.54 Å². The van der Waals surface area contributed by atoms with Crippen LogP contribution >= 0.6 is 23.2 Å². The van der Waals surface area contributed by atoms with Crippen LogP contribution in [0, 0.1) is 5.92 Å². The van der Waals surface area contributed by atoms with Gasteiger partial charge in [-0.1, -0.05) is 37.0 Å². The SMILES string of the molecule is CC(C)CN(C)C(C)C(=O)Nc1c(Cl)cc(N)cc1Cl. The van der Waals surface area contributed by atoms with Crippen LogP contribution in [0.25, 0.3) is 0 Å². The average Bonchev–Trinajstić information content (AvgIpc) is 2.31. The van der Waals surface area contributed by atoms with E-state index in [0.29, 0.717) is 27.3 Å². The van der Waals surface area contributed by atoms with Crippen LogP contribution in [0.1, 0.15) is 20.8 Å². The van der Waals surface area contributed by atoms with E-state index in [-0.39, 0.29) is 11.9 Å². The molecular formula is C14H21Cl2N3O. The summed E-state index contributed by atoms with van der Waals surface area (Å²) in [6.07, 6.45) is 0. The highest BCUT2D eigenvalue weighted by Gasteiger charge is 2.20. The fraction of sp³-hybridized carbons (Fsp3) is 0.500. The van der Waals surface area contributed by atoms with Crippen LogP contribution < -0.4 is 11.1 Å². The Morgan fingerprint density at radius 2 is 1.80 bits per heavy atom. The van der Waals surface area contributed by atoms with Crippen LogP contribution in [0.2, 0.25) is 10.0 Å². The second-order valence-electron chi connectivity index (χ2n) is 5.36. The average molecular weight is 318 g/mol. The number of carbonyl (C=O) groups is 1. The lowest BCUT2D eigenvalue weighted by Crippen LogP contribution is -2.41. The quantitative estimate of drug-likeness (QED) is 0.817. The summed E-state index contributed by atoms with van der Waals surface area (Å²) in [5.41, 5.74) is 6.49. The van der Waals surface area contributed by atoms with Gasteiger partial charge in [-0.25, -0.2) is 0 Å². The molecule has 1 aromatic carbocycles. The predicted octanol–water partition coefficient (Wildman–Crippen LogP) is 3.49. The van der Waals surface area contributed by atoms with Crippen molar-refractivity contribution in [2.75, 3.05) is 24.6 Å². The summed E-state index contributed by atoms with van der Waals surface area (Å²) in [4.78, 5) is 14.2. The monoisotopic (exact) mass is 317 g/mol. The van der Waals surface area contributed by atoms with Crippen molar-refractivity contribution in [3.63, 3.8) is 0 Å². The lowest BCUT2D eigenvalue weighted by atomic mass is 10.1. The first kappa shape index (κ1) is 17.1. The van der Waals surface area contributed by atoms with Gasteiger partial charge in [0.15, 0.2) is 0 Å². The molecule has 112 valence electrons. The number of hydrogen-bond acceptors (Lipinski definition) is 3. The van der Waals surface area contributed by atoms with Crippen molar-refractivity contribution in [2.24, 2.45) is 5.92 Å². The summed E-state index contributed by atoms with van der Waals surface area (Å²) >= 11 is 12.1. The largest absolute Gasteiger partial charge is 0.399 e. The molecule has 6 heteroatoms. The molecule has 20 heavy (non-hydrogen) atoms. The third-order valence-electron chi connectivity index (χ3n) is 3.01. The molecule has 1 rings (SSSR count). The van der Waals surface area contributed by atoms with E-state index in [1.165, 1.54) is 0 Å². The molecule has 0 aromatic heterocycles. The second kappa shape index (κ2) is 7.16. The zero-order chi connectivity index (χ0) is 15.4. The first-order chi connectivity index (χ1) is 9.22. The molecule has 0 saturated carbocycles. The molecular weight excluding hydrogens is 297 g/mol. The molecule has 3 N–H and O–H groups in total. The highest BCUT2D eigenvalue weighted by atomic mass is 35.5. The number of benzene rings is 1. The van der Waals surface area contributed by atoms with Crippen molar-refractivity contribution in [2.45, 2.75) is 26.8 Å². The number of nitrogen functional groups attached to an aromatic ring is 1. The Labute approximate surface area is 130 Å². The van der Waals surface area contributed by atoms with E-state index >= 15 is 0 Å². The minimum Gasteiger partial charge on any atom is -0.399 e. The van der Waals surface area contributed by atoms with Crippen LogP contribution in [0.15, 0.2) is 12.1 Å². The van der Waals surface area contributed by atoms with Gasteiger partial charge in [-0.15, -0.1) is 0 Å². The Hall–Kier alpha value is -0.970. The summed E-state index contributed by atoms with van der Waals surface area (Å²) in [5, 5.41) is 3.43. The van der Waals surface area contributed by atoms with Gasteiger partial charge in [-0.2, -0.15) is 0 Å². The van der Waals surface area contributed by atoms with Gasteiger partial charge >= 0.3 is 0 Å². The van der Waals surface area contributed by atoms with Crippen molar-refractivity contribution in [1.82, 2.24) is 4.90 Å². The number of rotatable bonds is 5. The van der Waals surface area contributed by atoms with Gasteiger partial charge in [0, 0.05) is 12.2 Å². The maximum absolute atomic E-state index is 12.2. The maximum atomic E-state index is 12.2. The first-order valence-electron chi connectivity index (χ1n) is 6.48. The van der Waals surface area contributed by atoms with Crippen LogP contribution in [0.5, 0.6) is 0 Å². The van der Waals surface area contributed by atoms with Crippen LogP contribution in [0.4, 0.5) is 11.4 Å². The van der Waals surface area contributed by atoms with Crippen molar-refractivity contribution in [3.8, 4) is 0 Å². The van der Waals surface area contributed by atoms with Crippen LogP contribution in [-0.2, 0) is 4.79 Å². The number of likely N-dealkylation sites (N-methyl/N-ethyl adjacent to an activating group) is 1. The highest BCUT2D eigenvalue weighted by molar-refractivity contribution is 6.40. The molecule has 1 unspecified atom stereocenters. The van der Waals surface area contributed by atoms with Gasteiger partial charge < -0.3 is 11.1 Å². The van der Waals surface area contributed by atoms with E-state index in [4.69, 9.17) is 28.9 Å². The van der Waals surface area contributed by atoms with Crippen LogP contribution in [0.3, 0.4) is 0 Å². The Morgan fingerprint density at radius 1 is 1.30 bits per heavy atom. The first-order valence-corrected chi connectivity index (χ1v) is 7.23. The third kappa shape index (κ3) is 4.54. The lowest BCUT2D eigenvalue weighted by Gasteiger charge is -2.25. The third-order valence-corrected chi connectivity index (χ3v) is 3.60. The minimum atomic E-state index is -0.276. The van der Waals surface area contributed by atoms with E-state index in [9.17, 15) is 4.79 Å². The number of nitrogens with two attached hydrogens (primary N) is 1. The van der Waals surface area contributed by atoms with Gasteiger partial charge in [0.1, 0.15) is 0 Å². The number of nitrogens with zero attached hydrogens (tertiary/aromatic N) is 1. The fourth-order valence-corrected chi connectivity index (χ4v) is 2.47. The zero-order valence-electron chi connectivity index (χ0n) is 12.2. The van der Waals surface area contributed by atoms with Crippen LogP contribution in [-0.4, -0.2) is 30.4 Å². The molecule has 1 amide bonds. The van der Waals surface area contributed by atoms with Gasteiger partial charge in [-0.05, 0) is 32.0 Å². The molecule has 0 heterocycles. The summed E-state index contributed by atoms with van der Waals surface area (Å²) in [7, 11) is 1.91. The van der Waals surface area contributed by atoms with Gasteiger partial charge in [-0.3, -0.25) is 9.69 Å². The Balaban J connectivity index is 2.81. The number of amides is 1. The molecule has 0 radical (unpaired) electrons. The summed E-state index contributed by atoms with van der Waals surface area (Å²) < 4.78 is 0. The van der Waals surface area contributed by atoms with Crippen molar-refractivity contribution in [1.29, 1.82) is 0 Å². The molecule has 0 fully saturated rings. The van der Waals surface area contributed by atoms with Crippen molar-refractivity contribution >= 4 is 40.5 Å². The zero-order valence-corrected chi connectivity index (χ0v) is 13.7. The number of nitrogens with one attached hydrogen (secondary N) is 1. The Kier molecular flexibility index (Phi) is 6.11. The molecule has 1 atom stereocenters. The molecule has 0 spiro atoms. The van der Waals surface area contributed by atoms with Crippen molar-refractivity contribution in [3.05, 3.63) is 22.2 Å². The topological polar surface area (TPSA) is 58.4 Å². The number of hydrogen-bond donors (Lipinski definition) is 2. The molecule has 0 bridgehead atoms. The lowest BCUT2D eigenvalue weighted by molar-refractivity contribution is -0.120. The molecule has 1 aromatic rings. The summed E-state index contributed by atoms with van der Waals surface area (Å²) in [6, 6.07) is 2.85. The molecule has 0 aliphatic rings. The highest BCUT2D eigenvalue weighted by Crippen LogP contribution is 2.32. The predicted molar refractivity (Wildman–Crippen MR) is 86.4 cm³/mol. The standard InChI is InChI=1S/C14H21Cl2N3O/c1-8(2)7-19(4)9(3)14(20)18-13-11(15)5-10(17)6-12(13)16/h5-6,8-9H,7,17H2,1-4H3,(H,18,20). The van der Waals surface area contributed by atoms with E-state index in [1.54, 1.807) is 12.1 Å². The van der Waals surface area contributed by atoms with Crippen molar-refractivity contribution < 1.29 is 4.79 Å². The van der Waals surface area contributed by atoms with E-state index in [1.807, 2.05) is 18.9 Å². The molecule has 0 saturated heterocycles. The van der Waals surface area contributed by atoms with Gasteiger partial charge in [0.05, 0.1) is 21.8 Å². The fourth-order valence-electron chi connectivity index (χ4n) is 1.87. The maximum Gasteiger partial charge on any atom is 0.241 e. The molecule has 0 aliphatic heterocycles. The van der Waals surface area contributed by atoms with E-state index in [2.05, 4.69) is 19.2 Å². The van der Waals surface area contributed by atoms with E-state index < -0.39 is 0 Å².